The first kappa shape index (κ1) is 17.3. The highest BCUT2D eigenvalue weighted by atomic mass is 35.5. The standard InChI is InChI=1S/C15H12Cl2N2O3S/c1-2-15(20)18-10-7-8-14(12(17)9-10)23(21,22)19-13-6-4-3-5-11(13)16/h2-9,19H,1H2,(H,18,20). The van der Waals surface area contributed by atoms with Crippen LogP contribution in [0.2, 0.25) is 10.0 Å². The predicted molar refractivity (Wildman–Crippen MR) is 92.5 cm³/mol. The van der Waals surface area contributed by atoms with E-state index in [1.54, 1.807) is 18.2 Å². The maximum absolute atomic E-state index is 12.4. The van der Waals surface area contributed by atoms with Gasteiger partial charge in [0.25, 0.3) is 10.0 Å². The van der Waals surface area contributed by atoms with Crippen LogP contribution in [0.15, 0.2) is 60.0 Å². The molecule has 0 fully saturated rings. The van der Waals surface area contributed by atoms with Gasteiger partial charge in [0.1, 0.15) is 4.90 Å². The molecular formula is C15H12Cl2N2O3S. The molecule has 2 rings (SSSR count). The molecule has 0 aromatic heterocycles. The molecule has 0 heterocycles. The predicted octanol–water partition coefficient (Wildman–Crippen LogP) is 3.92. The fourth-order valence-corrected chi connectivity index (χ4v) is 3.60. The Morgan fingerprint density at radius 2 is 1.78 bits per heavy atom. The Bertz CT molecular complexity index is 867. The lowest BCUT2D eigenvalue weighted by molar-refractivity contribution is -0.111. The van der Waals surface area contributed by atoms with E-state index in [0.717, 1.165) is 6.08 Å². The molecule has 23 heavy (non-hydrogen) atoms. The number of para-hydroxylation sites is 1. The Hall–Kier alpha value is -2.02. The Balaban J connectivity index is 2.31. The number of nitrogens with one attached hydrogen (secondary N) is 2. The summed E-state index contributed by atoms with van der Waals surface area (Å²) in [6.07, 6.45) is 1.09. The summed E-state index contributed by atoms with van der Waals surface area (Å²) in [4.78, 5) is 11.1. The van der Waals surface area contributed by atoms with Crippen LogP contribution in [0.5, 0.6) is 0 Å². The van der Waals surface area contributed by atoms with E-state index in [-0.39, 0.29) is 20.6 Å². The Kier molecular flexibility index (Phi) is 5.30. The maximum atomic E-state index is 12.4. The number of anilines is 2. The normalized spacial score (nSPS) is 10.9. The highest BCUT2D eigenvalue weighted by Gasteiger charge is 2.19. The molecule has 0 bridgehead atoms. The number of benzene rings is 2. The van der Waals surface area contributed by atoms with Crippen molar-refractivity contribution in [2.45, 2.75) is 4.90 Å². The third-order valence-electron chi connectivity index (χ3n) is 2.79. The van der Waals surface area contributed by atoms with E-state index in [2.05, 4.69) is 16.6 Å². The molecule has 0 radical (unpaired) electrons. The number of sulfonamides is 1. The van der Waals surface area contributed by atoms with Crippen LogP contribution in [0.4, 0.5) is 11.4 Å². The summed E-state index contributed by atoms with van der Waals surface area (Å²) in [6, 6.07) is 10.5. The highest BCUT2D eigenvalue weighted by molar-refractivity contribution is 7.92. The summed E-state index contributed by atoms with van der Waals surface area (Å²) in [7, 11) is -3.92. The van der Waals surface area contributed by atoms with E-state index in [1.165, 1.54) is 24.3 Å². The fourth-order valence-electron chi connectivity index (χ4n) is 1.73. The molecular weight excluding hydrogens is 359 g/mol. The zero-order chi connectivity index (χ0) is 17.0. The lowest BCUT2D eigenvalue weighted by Gasteiger charge is -2.12. The average molecular weight is 371 g/mol. The van der Waals surface area contributed by atoms with Crippen molar-refractivity contribution in [3.8, 4) is 0 Å². The van der Waals surface area contributed by atoms with Crippen LogP contribution in [0.25, 0.3) is 0 Å². The molecule has 0 spiro atoms. The van der Waals surface area contributed by atoms with Crippen LogP contribution in [0, 0.1) is 0 Å². The number of rotatable bonds is 5. The molecule has 2 aromatic carbocycles. The second kappa shape index (κ2) is 7.04. The minimum atomic E-state index is -3.92. The van der Waals surface area contributed by atoms with Crippen molar-refractivity contribution >= 4 is 50.5 Å². The molecule has 2 aromatic rings. The quantitative estimate of drug-likeness (QED) is 0.783. The Labute approximate surface area is 144 Å². The van der Waals surface area contributed by atoms with Gasteiger partial charge in [-0.3, -0.25) is 9.52 Å². The van der Waals surface area contributed by atoms with Crippen LogP contribution in [-0.4, -0.2) is 14.3 Å². The van der Waals surface area contributed by atoms with E-state index in [4.69, 9.17) is 23.2 Å². The van der Waals surface area contributed by atoms with Gasteiger partial charge in [-0.1, -0.05) is 41.9 Å². The van der Waals surface area contributed by atoms with Gasteiger partial charge in [-0.05, 0) is 36.4 Å². The maximum Gasteiger partial charge on any atom is 0.263 e. The highest BCUT2D eigenvalue weighted by Crippen LogP contribution is 2.29. The van der Waals surface area contributed by atoms with Gasteiger partial charge in [0, 0.05) is 5.69 Å². The van der Waals surface area contributed by atoms with Crippen LogP contribution in [0.1, 0.15) is 0 Å². The van der Waals surface area contributed by atoms with Crippen LogP contribution in [-0.2, 0) is 14.8 Å². The topological polar surface area (TPSA) is 75.3 Å². The van der Waals surface area contributed by atoms with Gasteiger partial charge in [0.05, 0.1) is 15.7 Å². The van der Waals surface area contributed by atoms with Crippen molar-refractivity contribution in [3.05, 3.63) is 65.2 Å². The van der Waals surface area contributed by atoms with Gasteiger partial charge < -0.3 is 5.32 Å². The molecule has 0 aliphatic rings. The third kappa shape index (κ3) is 4.25. The van der Waals surface area contributed by atoms with Gasteiger partial charge in [0.15, 0.2) is 0 Å². The van der Waals surface area contributed by atoms with Crippen molar-refractivity contribution in [3.63, 3.8) is 0 Å². The number of carbonyl (C=O) groups is 1. The summed E-state index contributed by atoms with van der Waals surface area (Å²) in [5.74, 6) is -0.425. The molecule has 0 unspecified atom stereocenters. The molecule has 0 saturated heterocycles. The van der Waals surface area contributed by atoms with E-state index in [1.807, 2.05) is 0 Å². The van der Waals surface area contributed by atoms with Crippen molar-refractivity contribution in [2.75, 3.05) is 10.0 Å². The average Bonchev–Trinajstić information content (AvgIpc) is 2.49. The number of hydrogen-bond donors (Lipinski definition) is 2. The number of hydrogen-bond acceptors (Lipinski definition) is 3. The first-order valence-corrected chi connectivity index (χ1v) is 8.58. The van der Waals surface area contributed by atoms with Crippen molar-refractivity contribution in [1.82, 2.24) is 0 Å². The van der Waals surface area contributed by atoms with Crippen LogP contribution in [0.3, 0.4) is 0 Å². The summed E-state index contributed by atoms with van der Waals surface area (Å²) >= 11 is 12.0. The van der Waals surface area contributed by atoms with Gasteiger partial charge in [-0.2, -0.15) is 0 Å². The molecule has 8 heteroatoms. The first-order valence-electron chi connectivity index (χ1n) is 6.34. The summed E-state index contributed by atoms with van der Waals surface area (Å²) < 4.78 is 27.2. The summed E-state index contributed by atoms with van der Waals surface area (Å²) in [6.45, 7) is 3.33. The first-order chi connectivity index (χ1) is 10.8. The van der Waals surface area contributed by atoms with Crippen LogP contribution < -0.4 is 10.0 Å². The van der Waals surface area contributed by atoms with Gasteiger partial charge in [0.2, 0.25) is 5.91 Å². The van der Waals surface area contributed by atoms with Gasteiger partial charge in [-0.15, -0.1) is 0 Å². The lowest BCUT2D eigenvalue weighted by Crippen LogP contribution is -2.14. The van der Waals surface area contributed by atoms with Crippen molar-refractivity contribution in [2.24, 2.45) is 0 Å². The lowest BCUT2D eigenvalue weighted by atomic mass is 10.3. The second-order valence-electron chi connectivity index (χ2n) is 4.42. The molecule has 0 aliphatic heterocycles. The fraction of sp³-hybridized carbons (Fsp3) is 0. The Morgan fingerprint density at radius 1 is 1.09 bits per heavy atom. The largest absolute Gasteiger partial charge is 0.322 e. The smallest absolute Gasteiger partial charge is 0.263 e. The zero-order valence-corrected chi connectivity index (χ0v) is 14.0. The zero-order valence-electron chi connectivity index (χ0n) is 11.7. The van der Waals surface area contributed by atoms with Gasteiger partial charge >= 0.3 is 0 Å². The van der Waals surface area contributed by atoms with E-state index >= 15 is 0 Å². The summed E-state index contributed by atoms with van der Waals surface area (Å²) in [5, 5.41) is 2.72. The van der Waals surface area contributed by atoms with E-state index in [9.17, 15) is 13.2 Å². The molecule has 1 amide bonds. The molecule has 0 aliphatic carbocycles. The molecule has 0 atom stereocenters. The monoisotopic (exact) mass is 370 g/mol. The van der Waals surface area contributed by atoms with E-state index in [0.29, 0.717) is 5.69 Å². The molecule has 5 nitrogen and oxygen atoms in total. The number of halogens is 2. The number of carbonyl (C=O) groups excluding carboxylic acids is 1. The Morgan fingerprint density at radius 3 is 2.39 bits per heavy atom. The summed E-state index contributed by atoms with van der Waals surface area (Å²) in [5.41, 5.74) is 0.603. The minimum absolute atomic E-state index is 0.0357. The minimum Gasteiger partial charge on any atom is -0.322 e. The molecule has 0 saturated carbocycles. The molecule has 2 N–H and O–H groups in total. The second-order valence-corrected chi connectivity index (χ2v) is 6.89. The third-order valence-corrected chi connectivity index (χ3v) is 4.97. The molecule has 120 valence electrons. The van der Waals surface area contributed by atoms with Crippen LogP contribution >= 0.6 is 23.2 Å². The SMILES string of the molecule is C=CC(=O)Nc1ccc(S(=O)(=O)Nc2ccccc2Cl)c(Cl)c1. The van der Waals surface area contributed by atoms with Gasteiger partial charge in [-0.25, -0.2) is 8.42 Å². The van der Waals surface area contributed by atoms with Crippen molar-refractivity contribution < 1.29 is 13.2 Å². The number of amides is 1. The van der Waals surface area contributed by atoms with E-state index < -0.39 is 15.9 Å². The van der Waals surface area contributed by atoms with Crippen molar-refractivity contribution in [1.29, 1.82) is 0 Å².